The third-order valence-electron chi connectivity index (χ3n) is 2.62. The molecule has 0 spiro atoms. The standard InChI is InChI=1S/C12H14ClNO3/c1-7(14)9-6-8(13)2-3-10(9)17-11-4-5-16-12(11)15/h2-3,6-7,11H,4-5,14H2,1H3/t7-,11?/m1/s1. The molecule has 0 radical (unpaired) electrons. The summed E-state index contributed by atoms with van der Waals surface area (Å²) in [6.45, 7) is 2.25. The van der Waals surface area contributed by atoms with Crippen LogP contribution < -0.4 is 10.5 Å². The fraction of sp³-hybridized carbons (Fsp3) is 0.417. The highest BCUT2D eigenvalue weighted by molar-refractivity contribution is 6.30. The van der Waals surface area contributed by atoms with Crippen LogP contribution >= 0.6 is 11.6 Å². The first-order valence-corrected chi connectivity index (χ1v) is 5.84. The van der Waals surface area contributed by atoms with Gasteiger partial charge in [0.1, 0.15) is 5.75 Å². The fourth-order valence-corrected chi connectivity index (χ4v) is 1.90. The van der Waals surface area contributed by atoms with Gasteiger partial charge in [-0.2, -0.15) is 0 Å². The van der Waals surface area contributed by atoms with Crippen molar-refractivity contribution in [1.82, 2.24) is 0 Å². The molecule has 92 valence electrons. The highest BCUT2D eigenvalue weighted by Crippen LogP contribution is 2.29. The Balaban J connectivity index is 2.22. The Morgan fingerprint density at radius 3 is 2.94 bits per heavy atom. The Labute approximate surface area is 105 Å². The van der Waals surface area contributed by atoms with Gasteiger partial charge in [0, 0.05) is 23.0 Å². The van der Waals surface area contributed by atoms with Gasteiger partial charge in [-0.1, -0.05) is 11.6 Å². The van der Waals surface area contributed by atoms with Gasteiger partial charge in [0.25, 0.3) is 0 Å². The summed E-state index contributed by atoms with van der Waals surface area (Å²) in [4.78, 5) is 11.3. The monoisotopic (exact) mass is 255 g/mol. The molecular weight excluding hydrogens is 242 g/mol. The molecule has 1 saturated heterocycles. The van der Waals surface area contributed by atoms with E-state index in [1.54, 1.807) is 18.2 Å². The maximum Gasteiger partial charge on any atom is 0.347 e. The highest BCUT2D eigenvalue weighted by Gasteiger charge is 2.29. The predicted octanol–water partition coefficient (Wildman–Crippen LogP) is 2.05. The quantitative estimate of drug-likeness (QED) is 0.840. The molecular formula is C12H14ClNO3. The molecule has 0 aromatic heterocycles. The molecule has 1 aliphatic rings. The van der Waals surface area contributed by atoms with Crippen molar-refractivity contribution < 1.29 is 14.3 Å². The summed E-state index contributed by atoms with van der Waals surface area (Å²) in [6, 6.07) is 4.98. The zero-order chi connectivity index (χ0) is 12.4. The molecule has 1 heterocycles. The summed E-state index contributed by atoms with van der Waals surface area (Å²) in [5.41, 5.74) is 6.63. The van der Waals surface area contributed by atoms with Crippen molar-refractivity contribution in [2.75, 3.05) is 6.61 Å². The molecule has 5 heteroatoms. The number of nitrogens with two attached hydrogens (primary N) is 1. The minimum absolute atomic E-state index is 0.207. The number of carbonyl (C=O) groups is 1. The maximum atomic E-state index is 11.3. The van der Waals surface area contributed by atoms with Crippen LogP contribution in [0.5, 0.6) is 5.75 Å². The zero-order valence-corrected chi connectivity index (χ0v) is 10.2. The molecule has 17 heavy (non-hydrogen) atoms. The van der Waals surface area contributed by atoms with Crippen LogP contribution in [0, 0.1) is 0 Å². The van der Waals surface area contributed by atoms with Gasteiger partial charge in [0.2, 0.25) is 0 Å². The topological polar surface area (TPSA) is 61.6 Å². The van der Waals surface area contributed by atoms with Crippen LogP contribution in [0.1, 0.15) is 24.9 Å². The van der Waals surface area contributed by atoms with Crippen molar-refractivity contribution >= 4 is 17.6 Å². The van der Waals surface area contributed by atoms with Crippen LogP contribution in [0.2, 0.25) is 5.02 Å². The van der Waals surface area contributed by atoms with Crippen LogP contribution in [-0.2, 0) is 9.53 Å². The number of rotatable bonds is 3. The molecule has 0 bridgehead atoms. The average Bonchev–Trinajstić information content (AvgIpc) is 2.67. The Morgan fingerprint density at radius 1 is 1.59 bits per heavy atom. The molecule has 1 aliphatic heterocycles. The van der Waals surface area contributed by atoms with Crippen LogP contribution in [-0.4, -0.2) is 18.7 Å². The third-order valence-corrected chi connectivity index (χ3v) is 2.85. The zero-order valence-electron chi connectivity index (χ0n) is 9.48. The van der Waals surface area contributed by atoms with Gasteiger partial charge in [-0.3, -0.25) is 0 Å². The second-order valence-electron chi connectivity index (χ2n) is 4.03. The van der Waals surface area contributed by atoms with E-state index in [1.807, 2.05) is 6.92 Å². The Bertz CT molecular complexity index is 434. The first-order valence-electron chi connectivity index (χ1n) is 5.46. The molecule has 0 saturated carbocycles. The first-order chi connectivity index (χ1) is 8.08. The summed E-state index contributed by atoms with van der Waals surface area (Å²) in [7, 11) is 0. The number of carbonyl (C=O) groups excluding carboxylic acids is 1. The summed E-state index contributed by atoms with van der Waals surface area (Å²) >= 11 is 5.90. The number of esters is 1. The van der Waals surface area contributed by atoms with Crippen molar-refractivity contribution in [3.8, 4) is 5.75 Å². The molecule has 1 aromatic rings. The van der Waals surface area contributed by atoms with Gasteiger partial charge in [-0.25, -0.2) is 4.79 Å². The second-order valence-corrected chi connectivity index (χ2v) is 4.47. The van der Waals surface area contributed by atoms with Crippen molar-refractivity contribution in [2.45, 2.75) is 25.5 Å². The van der Waals surface area contributed by atoms with Gasteiger partial charge < -0.3 is 15.2 Å². The Morgan fingerprint density at radius 2 is 2.35 bits per heavy atom. The summed E-state index contributed by atoms with van der Waals surface area (Å²) in [5, 5.41) is 0.596. The predicted molar refractivity (Wildman–Crippen MR) is 64.0 cm³/mol. The number of halogens is 1. The number of ether oxygens (including phenoxy) is 2. The second kappa shape index (κ2) is 4.94. The lowest BCUT2D eigenvalue weighted by Gasteiger charge is -2.16. The average molecular weight is 256 g/mol. The normalized spacial score (nSPS) is 21.1. The summed E-state index contributed by atoms with van der Waals surface area (Å²) in [5.74, 6) is 0.267. The highest BCUT2D eigenvalue weighted by atomic mass is 35.5. The maximum absolute atomic E-state index is 11.3. The number of cyclic esters (lactones) is 1. The fourth-order valence-electron chi connectivity index (χ4n) is 1.72. The van der Waals surface area contributed by atoms with E-state index in [2.05, 4.69) is 0 Å². The van der Waals surface area contributed by atoms with Crippen molar-refractivity contribution in [2.24, 2.45) is 5.73 Å². The largest absolute Gasteiger partial charge is 0.478 e. The van der Waals surface area contributed by atoms with E-state index >= 15 is 0 Å². The lowest BCUT2D eigenvalue weighted by atomic mass is 10.1. The molecule has 1 aromatic carbocycles. The van der Waals surface area contributed by atoms with Crippen LogP contribution in [0.3, 0.4) is 0 Å². The minimum atomic E-state index is -0.534. The Hall–Kier alpha value is -1.26. The third kappa shape index (κ3) is 2.70. The number of benzene rings is 1. The van der Waals surface area contributed by atoms with Gasteiger partial charge in [-0.05, 0) is 25.1 Å². The molecule has 1 unspecified atom stereocenters. The van der Waals surface area contributed by atoms with E-state index < -0.39 is 6.10 Å². The number of hydrogen-bond donors (Lipinski definition) is 1. The van der Waals surface area contributed by atoms with Gasteiger partial charge in [0.05, 0.1) is 6.61 Å². The molecule has 1 fully saturated rings. The summed E-state index contributed by atoms with van der Waals surface area (Å²) in [6.07, 6.45) is 0.0357. The van der Waals surface area contributed by atoms with Crippen LogP contribution in [0.4, 0.5) is 0 Å². The van der Waals surface area contributed by atoms with Crippen molar-refractivity contribution in [1.29, 1.82) is 0 Å². The van der Waals surface area contributed by atoms with Gasteiger partial charge >= 0.3 is 5.97 Å². The first kappa shape index (κ1) is 12.2. The van der Waals surface area contributed by atoms with E-state index in [-0.39, 0.29) is 12.0 Å². The molecule has 2 N–H and O–H groups in total. The smallest absolute Gasteiger partial charge is 0.347 e. The van der Waals surface area contributed by atoms with Crippen LogP contribution in [0.25, 0.3) is 0 Å². The van der Waals surface area contributed by atoms with E-state index in [0.717, 1.165) is 5.56 Å². The molecule has 0 amide bonds. The van der Waals surface area contributed by atoms with Crippen molar-refractivity contribution in [3.05, 3.63) is 28.8 Å². The Kier molecular flexibility index (Phi) is 3.54. The lowest BCUT2D eigenvalue weighted by molar-refractivity contribution is -0.143. The molecule has 2 rings (SSSR count). The minimum Gasteiger partial charge on any atom is -0.478 e. The van der Waals surface area contributed by atoms with Crippen LogP contribution in [0.15, 0.2) is 18.2 Å². The van der Waals surface area contributed by atoms with Gasteiger partial charge in [0.15, 0.2) is 6.10 Å². The van der Waals surface area contributed by atoms with Gasteiger partial charge in [-0.15, -0.1) is 0 Å². The van der Waals surface area contributed by atoms with E-state index in [0.29, 0.717) is 23.8 Å². The molecule has 2 atom stereocenters. The molecule has 4 nitrogen and oxygen atoms in total. The van der Waals surface area contributed by atoms with E-state index in [4.69, 9.17) is 26.8 Å². The van der Waals surface area contributed by atoms with E-state index in [9.17, 15) is 4.79 Å². The molecule has 0 aliphatic carbocycles. The summed E-state index contributed by atoms with van der Waals surface area (Å²) < 4.78 is 10.5. The number of hydrogen-bond acceptors (Lipinski definition) is 4. The van der Waals surface area contributed by atoms with Crippen molar-refractivity contribution in [3.63, 3.8) is 0 Å². The van der Waals surface area contributed by atoms with E-state index in [1.165, 1.54) is 0 Å². The lowest BCUT2D eigenvalue weighted by Crippen LogP contribution is -2.23. The SMILES string of the molecule is C[C@@H](N)c1cc(Cl)ccc1OC1CCOC1=O.